The lowest BCUT2D eigenvalue weighted by atomic mass is 10.1. The van der Waals surface area contributed by atoms with E-state index in [1.165, 1.54) is 22.1 Å². The van der Waals surface area contributed by atoms with Crippen molar-refractivity contribution < 1.29 is 31.8 Å². The van der Waals surface area contributed by atoms with Crippen LogP contribution in [-0.4, -0.2) is 65.7 Å². The molecule has 10 nitrogen and oxygen atoms in total. The molecule has 0 bridgehead atoms. The second kappa shape index (κ2) is 11.5. The predicted octanol–water partition coefficient (Wildman–Crippen LogP) is 4.60. The van der Waals surface area contributed by atoms with E-state index in [9.17, 15) is 22.0 Å². The highest BCUT2D eigenvalue weighted by atomic mass is 19.4. The molecule has 3 aromatic heterocycles. The van der Waals surface area contributed by atoms with Gasteiger partial charge in [-0.15, -0.1) is 0 Å². The zero-order valence-corrected chi connectivity index (χ0v) is 22.3. The Labute approximate surface area is 240 Å². The van der Waals surface area contributed by atoms with Gasteiger partial charge in [-0.1, -0.05) is 18.2 Å². The number of para-hydroxylation sites is 1. The van der Waals surface area contributed by atoms with Gasteiger partial charge < -0.3 is 15.2 Å². The number of nitrogens with zero attached hydrogens (tertiary/aromatic N) is 7. The number of anilines is 2. The molecule has 0 amide bonds. The largest absolute Gasteiger partial charge is 0.491 e. The lowest BCUT2D eigenvalue weighted by molar-refractivity contribution is -0.147. The van der Waals surface area contributed by atoms with Crippen molar-refractivity contribution in [2.45, 2.75) is 25.8 Å². The highest BCUT2D eigenvalue weighted by Gasteiger charge is 2.35. The van der Waals surface area contributed by atoms with E-state index in [1.807, 2.05) is 0 Å². The summed E-state index contributed by atoms with van der Waals surface area (Å²) in [6.07, 6.45) is -1.58. The van der Waals surface area contributed by atoms with E-state index in [2.05, 4.69) is 30.4 Å². The van der Waals surface area contributed by atoms with Crippen LogP contribution in [0.1, 0.15) is 16.8 Å². The molecule has 0 atom stereocenters. The minimum Gasteiger partial charge on any atom is -0.491 e. The number of aliphatic hydroxyl groups excluding tert-OH is 1. The van der Waals surface area contributed by atoms with Gasteiger partial charge in [0.25, 0.3) is 0 Å². The monoisotopic (exact) mass is 598 g/mol. The van der Waals surface area contributed by atoms with Crippen molar-refractivity contribution in [1.82, 2.24) is 34.6 Å². The van der Waals surface area contributed by atoms with E-state index in [0.717, 1.165) is 12.1 Å². The third-order valence-corrected chi connectivity index (χ3v) is 6.73. The average molecular weight is 599 g/mol. The molecule has 0 saturated carbocycles. The summed E-state index contributed by atoms with van der Waals surface area (Å²) in [5, 5.41) is 17.2. The number of fused-ring (bicyclic) bond motifs is 2. The molecule has 0 unspecified atom stereocenters. The first-order valence-corrected chi connectivity index (χ1v) is 13.1. The van der Waals surface area contributed by atoms with Crippen LogP contribution in [0, 0.1) is 11.6 Å². The van der Waals surface area contributed by atoms with Crippen LogP contribution in [0.4, 0.5) is 33.6 Å². The van der Waals surface area contributed by atoms with Gasteiger partial charge in [-0.25, -0.2) is 28.7 Å². The van der Waals surface area contributed by atoms with Crippen LogP contribution in [0.25, 0.3) is 22.4 Å². The summed E-state index contributed by atoms with van der Waals surface area (Å²) in [6.45, 7) is -1.93. The lowest BCUT2D eigenvalue weighted by Crippen LogP contribution is -2.30. The highest BCUT2D eigenvalue weighted by Crippen LogP contribution is 2.35. The second-order valence-corrected chi connectivity index (χ2v) is 9.76. The lowest BCUT2D eigenvalue weighted by Gasteiger charge is -2.16. The van der Waals surface area contributed by atoms with Gasteiger partial charge >= 0.3 is 6.18 Å². The highest BCUT2D eigenvalue weighted by molar-refractivity contribution is 5.92. The fourth-order valence-electron chi connectivity index (χ4n) is 4.92. The summed E-state index contributed by atoms with van der Waals surface area (Å²) < 4.78 is 76.1. The molecule has 0 saturated heterocycles. The van der Waals surface area contributed by atoms with Gasteiger partial charge in [0, 0.05) is 47.9 Å². The molecule has 0 radical (unpaired) electrons. The van der Waals surface area contributed by atoms with Crippen LogP contribution < -0.4 is 10.1 Å². The molecule has 0 spiro atoms. The number of hydrogen-bond acceptors (Lipinski definition) is 9. The summed E-state index contributed by atoms with van der Waals surface area (Å²) in [4.78, 5) is 18.5. The van der Waals surface area contributed by atoms with Gasteiger partial charge in [0.2, 0.25) is 0 Å². The van der Waals surface area contributed by atoms with Crippen LogP contribution in [-0.2, 0) is 19.6 Å². The molecule has 5 aromatic rings. The maximum absolute atomic E-state index is 15.0. The zero-order valence-electron chi connectivity index (χ0n) is 22.3. The predicted molar refractivity (Wildman–Crippen MR) is 144 cm³/mol. The first-order valence-electron chi connectivity index (χ1n) is 13.1. The van der Waals surface area contributed by atoms with Crippen molar-refractivity contribution in [2.75, 3.05) is 25.1 Å². The van der Waals surface area contributed by atoms with Crippen molar-refractivity contribution in [3.63, 3.8) is 0 Å². The molecular formula is C28H23F5N8O2. The van der Waals surface area contributed by atoms with Crippen molar-refractivity contribution in [3.05, 3.63) is 83.4 Å². The minimum atomic E-state index is -4.40. The van der Waals surface area contributed by atoms with Gasteiger partial charge in [0.15, 0.2) is 5.82 Å². The standard InChI is InChI=1S/C28H23F5N8O2/c29-20-9-16(43-8-7-42)10-21(30)18(20)12-41-23-4-2-1-3-17(23)25(39-41)27-36-22-13-40(14-28(31,32)33)11-19(22)26(38-27)37-24-5-6-34-15-35-24/h1-6,9-10,15,42H,7-8,11-14H2,(H,34,35,36,37,38). The smallest absolute Gasteiger partial charge is 0.401 e. The molecule has 43 heavy (non-hydrogen) atoms. The van der Waals surface area contributed by atoms with E-state index in [4.69, 9.17) is 9.84 Å². The Morgan fingerprint density at radius 2 is 1.81 bits per heavy atom. The van der Waals surface area contributed by atoms with E-state index in [-0.39, 0.29) is 61.5 Å². The molecule has 15 heteroatoms. The first-order chi connectivity index (χ1) is 20.7. The summed E-state index contributed by atoms with van der Waals surface area (Å²) in [6, 6.07) is 10.6. The van der Waals surface area contributed by atoms with Crippen LogP contribution in [0.2, 0.25) is 0 Å². The third-order valence-electron chi connectivity index (χ3n) is 6.73. The van der Waals surface area contributed by atoms with E-state index < -0.39 is 24.4 Å². The minimum absolute atomic E-state index is 0.0334. The number of benzene rings is 2. The van der Waals surface area contributed by atoms with E-state index >= 15 is 0 Å². The Morgan fingerprint density at radius 1 is 1.02 bits per heavy atom. The fourth-order valence-corrected chi connectivity index (χ4v) is 4.92. The van der Waals surface area contributed by atoms with Crippen LogP contribution >= 0.6 is 0 Å². The number of rotatable bonds is 9. The summed E-state index contributed by atoms with van der Waals surface area (Å²) in [5.74, 6) is -1.02. The molecule has 1 aliphatic heterocycles. The Kier molecular flexibility index (Phi) is 7.58. The quantitative estimate of drug-likeness (QED) is 0.235. The maximum atomic E-state index is 15.0. The first kappa shape index (κ1) is 28.4. The molecule has 222 valence electrons. The van der Waals surface area contributed by atoms with E-state index in [1.54, 1.807) is 30.3 Å². The van der Waals surface area contributed by atoms with Gasteiger partial charge in [-0.2, -0.15) is 18.3 Å². The number of nitrogens with one attached hydrogen (secondary N) is 1. The Balaban J connectivity index is 1.41. The molecule has 2 aromatic carbocycles. The van der Waals surface area contributed by atoms with Gasteiger partial charge in [0.1, 0.15) is 47.6 Å². The van der Waals surface area contributed by atoms with Crippen molar-refractivity contribution in [2.24, 2.45) is 0 Å². The summed E-state index contributed by atoms with van der Waals surface area (Å²) in [7, 11) is 0. The number of halogens is 5. The average Bonchev–Trinajstić information content (AvgIpc) is 3.54. The fraction of sp³-hybridized carbons (Fsp3) is 0.250. The van der Waals surface area contributed by atoms with Gasteiger partial charge in [-0.05, 0) is 12.1 Å². The molecule has 6 rings (SSSR count). The van der Waals surface area contributed by atoms with Crippen molar-refractivity contribution in [3.8, 4) is 17.3 Å². The van der Waals surface area contributed by atoms with Crippen LogP contribution in [0.5, 0.6) is 5.75 Å². The Morgan fingerprint density at radius 3 is 2.53 bits per heavy atom. The third kappa shape index (κ3) is 6.08. The van der Waals surface area contributed by atoms with Crippen LogP contribution in [0.15, 0.2) is 55.0 Å². The van der Waals surface area contributed by atoms with Gasteiger partial charge in [-0.3, -0.25) is 9.58 Å². The maximum Gasteiger partial charge on any atom is 0.401 e. The molecule has 0 aliphatic carbocycles. The summed E-state index contributed by atoms with van der Waals surface area (Å²) in [5.41, 5.74) is 1.43. The number of aliphatic hydroxyl groups is 1. The zero-order chi connectivity index (χ0) is 30.1. The molecule has 4 heterocycles. The second-order valence-electron chi connectivity index (χ2n) is 9.76. The molecule has 1 aliphatic rings. The number of ether oxygens (including phenoxy) is 1. The molecule has 2 N–H and O–H groups in total. The molecular weight excluding hydrogens is 575 g/mol. The number of hydrogen-bond donors (Lipinski definition) is 2. The Hall–Kier alpha value is -4.76. The number of aromatic nitrogens is 6. The number of alkyl halides is 3. The van der Waals surface area contributed by atoms with E-state index in [0.29, 0.717) is 28.0 Å². The Bertz CT molecular complexity index is 1760. The van der Waals surface area contributed by atoms with Crippen molar-refractivity contribution >= 4 is 22.5 Å². The topological polar surface area (TPSA) is 114 Å². The molecule has 0 fully saturated rings. The van der Waals surface area contributed by atoms with Crippen molar-refractivity contribution in [1.29, 1.82) is 0 Å². The van der Waals surface area contributed by atoms with Gasteiger partial charge in [0.05, 0.1) is 30.9 Å². The van der Waals surface area contributed by atoms with Crippen LogP contribution in [0.3, 0.4) is 0 Å². The SMILES string of the molecule is OCCOc1cc(F)c(Cn2nc(-c3nc4c(c(Nc5ccncn5)n3)CN(CC(F)(F)F)C4)c3ccccc32)c(F)c1. The normalized spacial score (nSPS) is 13.4. The summed E-state index contributed by atoms with van der Waals surface area (Å²) >= 11 is 0.